The van der Waals surface area contributed by atoms with Gasteiger partial charge in [-0.15, -0.1) is 0 Å². The maximum Gasteiger partial charge on any atom is 0.125 e. The van der Waals surface area contributed by atoms with Crippen LogP contribution in [0.4, 0.5) is 0 Å². The average Bonchev–Trinajstić information content (AvgIpc) is 2.58. The number of ether oxygens (including phenoxy) is 1. The molecule has 0 amide bonds. The molecular weight excluding hydrogens is 258 g/mol. The predicted octanol–water partition coefficient (Wildman–Crippen LogP) is 4.39. The molecule has 0 aliphatic carbocycles. The number of nitrogens with zero attached hydrogens (tertiary/aromatic N) is 1. The minimum atomic E-state index is -0.146. The summed E-state index contributed by atoms with van der Waals surface area (Å²) in [6.07, 6.45) is 1.66. The second-order valence-electron chi connectivity index (χ2n) is 4.84. The van der Waals surface area contributed by atoms with Crippen LogP contribution in [0.15, 0.2) is 85.1 Å². The number of pyridine rings is 1. The maximum atomic E-state index is 6.14. The van der Waals surface area contributed by atoms with E-state index in [0.717, 1.165) is 16.8 Å². The molecule has 2 nitrogen and oxygen atoms in total. The summed E-state index contributed by atoms with van der Waals surface area (Å²) in [6, 6.07) is 26.3. The van der Waals surface area contributed by atoms with Gasteiger partial charge in [0, 0.05) is 6.20 Å². The van der Waals surface area contributed by atoms with Crippen molar-refractivity contribution in [2.24, 2.45) is 0 Å². The van der Waals surface area contributed by atoms with Gasteiger partial charge in [0.15, 0.2) is 0 Å². The van der Waals surface area contributed by atoms with E-state index in [-0.39, 0.29) is 6.10 Å². The van der Waals surface area contributed by atoms with E-state index in [1.165, 1.54) is 0 Å². The standard InChI is InChI=1S/C19H17NO/c1-3-9-16(10-4-1)15-21-19(17-11-5-2-6-12-17)18-13-7-8-14-20-18/h1-14,19H,15H2. The first-order chi connectivity index (χ1) is 10.4. The third-order valence-corrected chi connectivity index (χ3v) is 3.32. The van der Waals surface area contributed by atoms with Gasteiger partial charge >= 0.3 is 0 Å². The van der Waals surface area contributed by atoms with Crippen LogP contribution in [0.3, 0.4) is 0 Å². The zero-order valence-electron chi connectivity index (χ0n) is 11.7. The fourth-order valence-electron chi connectivity index (χ4n) is 2.27. The second kappa shape index (κ2) is 6.82. The van der Waals surface area contributed by atoms with Crippen molar-refractivity contribution >= 4 is 0 Å². The largest absolute Gasteiger partial charge is 0.362 e. The third-order valence-electron chi connectivity index (χ3n) is 3.32. The van der Waals surface area contributed by atoms with Crippen molar-refractivity contribution in [3.05, 3.63) is 102 Å². The third kappa shape index (κ3) is 3.56. The molecule has 0 saturated heterocycles. The summed E-state index contributed by atoms with van der Waals surface area (Å²) < 4.78 is 6.14. The Labute approximate surface area is 125 Å². The van der Waals surface area contributed by atoms with Crippen LogP contribution in [-0.4, -0.2) is 4.98 Å². The van der Waals surface area contributed by atoms with Crippen molar-refractivity contribution in [3.63, 3.8) is 0 Å². The van der Waals surface area contributed by atoms with Gasteiger partial charge in [0.05, 0.1) is 12.3 Å². The van der Waals surface area contributed by atoms with E-state index in [1.54, 1.807) is 6.20 Å². The number of rotatable bonds is 5. The fourth-order valence-corrected chi connectivity index (χ4v) is 2.27. The predicted molar refractivity (Wildman–Crippen MR) is 83.8 cm³/mol. The molecule has 3 rings (SSSR count). The highest BCUT2D eigenvalue weighted by Gasteiger charge is 2.15. The molecule has 2 aromatic carbocycles. The number of hydrogen-bond acceptors (Lipinski definition) is 2. The Morgan fingerprint density at radius 1 is 0.762 bits per heavy atom. The Bertz CT molecular complexity index is 613. The molecular formula is C19H17NO. The van der Waals surface area contributed by atoms with E-state index in [9.17, 15) is 0 Å². The molecule has 21 heavy (non-hydrogen) atoms. The Balaban J connectivity index is 1.83. The van der Waals surface area contributed by atoms with Gasteiger partial charge in [-0.1, -0.05) is 66.7 Å². The van der Waals surface area contributed by atoms with Gasteiger partial charge in [-0.3, -0.25) is 4.98 Å². The van der Waals surface area contributed by atoms with Crippen LogP contribution in [0, 0.1) is 0 Å². The highest BCUT2D eigenvalue weighted by atomic mass is 16.5. The first-order valence-corrected chi connectivity index (χ1v) is 7.05. The van der Waals surface area contributed by atoms with E-state index in [2.05, 4.69) is 29.2 Å². The van der Waals surface area contributed by atoms with Crippen LogP contribution in [-0.2, 0) is 11.3 Å². The quantitative estimate of drug-likeness (QED) is 0.689. The molecule has 0 fully saturated rings. The molecule has 1 aromatic heterocycles. The monoisotopic (exact) mass is 275 g/mol. The molecule has 0 spiro atoms. The molecule has 2 heteroatoms. The number of benzene rings is 2. The Morgan fingerprint density at radius 2 is 1.43 bits per heavy atom. The van der Waals surface area contributed by atoms with Crippen LogP contribution in [0.2, 0.25) is 0 Å². The van der Waals surface area contributed by atoms with Crippen LogP contribution >= 0.6 is 0 Å². The normalized spacial score (nSPS) is 12.0. The van der Waals surface area contributed by atoms with Crippen LogP contribution in [0.25, 0.3) is 0 Å². The molecule has 0 aliphatic rings. The minimum absolute atomic E-state index is 0.146. The molecule has 1 atom stereocenters. The second-order valence-corrected chi connectivity index (χ2v) is 4.84. The van der Waals surface area contributed by atoms with Crippen LogP contribution in [0.5, 0.6) is 0 Å². The Morgan fingerprint density at radius 3 is 2.10 bits per heavy atom. The molecule has 3 aromatic rings. The molecule has 1 unspecified atom stereocenters. The van der Waals surface area contributed by atoms with Crippen LogP contribution < -0.4 is 0 Å². The van der Waals surface area contributed by atoms with Crippen molar-refractivity contribution in [1.29, 1.82) is 0 Å². The summed E-state index contributed by atoms with van der Waals surface area (Å²) in [6.45, 7) is 0.566. The lowest BCUT2D eigenvalue weighted by Crippen LogP contribution is -2.08. The first-order valence-electron chi connectivity index (χ1n) is 7.05. The molecule has 104 valence electrons. The highest BCUT2D eigenvalue weighted by Crippen LogP contribution is 2.25. The van der Waals surface area contributed by atoms with Crippen molar-refractivity contribution in [2.45, 2.75) is 12.7 Å². The summed E-state index contributed by atoms with van der Waals surface area (Å²) >= 11 is 0. The lowest BCUT2D eigenvalue weighted by atomic mass is 10.1. The Hall–Kier alpha value is -2.45. The number of hydrogen-bond donors (Lipinski definition) is 0. The van der Waals surface area contributed by atoms with Gasteiger partial charge < -0.3 is 4.74 Å². The van der Waals surface area contributed by atoms with E-state index < -0.39 is 0 Å². The summed E-state index contributed by atoms with van der Waals surface area (Å²) in [5, 5.41) is 0. The molecule has 0 aliphatic heterocycles. The fraction of sp³-hybridized carbons (Fsp3) is 0.105. The smallest absolute Gasteiger partial charge is 0.125 e. The van der Waals surface area contributed by atoms with Gasteiger partial charge in [0.2, 0.25) is 0 Å². The molecule has 0 N–H and O–H groups in total. The van der Waals surface area contributed by atoms with Crippen molar-refractivity contribution in [3.8, 4) is 0 Å². The molecule has 0 radical (unpaired) electrons. The zero-order valence-corrected chi connectivity index (χ0v) is 11.7. The SMILES string of the molecule is c1ccc(COC(c2ccccc2)c2ccccn2)cc1. The van der Waals surface area contributed by atoms with Crippen LogP contribution in [0.1, 0.15) is 22.9 Å². The number of aromatic nitrogens is 1. The average molecular weight is 275 g/mol. The zero-order chi connectivity index (χ0) is 14.3. The van der Waals surface area contributed by atoms with Crippen molar-refractivity contribution in [1.82, 2.24) is 4.98 Å². The molecule has 0 saturated carbocycles. The van der Waals surface area contributed by atoms with Crippen molar-refractivity contribution < 1.29 is 4.74 Å². The summed E-state index contributed by atoms with van der Waals surface area (Å²) in [5.74, 6) is 0. The van der Waals surface area contributed by atoms with E-state index in [0.29, 0.717) is 6.61 Å². The van der Waals surface area contributed by atoms with E-state index >= 15 is 0 Å². The van der Waals surface area contributed by atoms with Crippen molar-refractivity contribution in [2.75, 3.05) is 0 Å². The first kappa shape index (κ1) is 13.5. The lowest BCUT2D eigenvalue weighted by molar-refractivity contribution is 0.0640. The summed E-state index contributed by atoms with van der Waals surface area (Å²) in [4.78, 5) is 4.44. The minimum Gasteiger partial charge on any atom is -0.362 e. The van der Waals surface area contributed by atoms with Gasteiger partial charge in [-0.05, 0) is 23.3 Å². The topological polar surface area (TPSA) is 22.1 Å². The lowest BCUT2D eigenvalue weighted by Gasteiger charge is -2.18. The highest BCUT2D eigenvalue weighted by molar-refractivity contribution is 5.26. The maximum absolute atomic E-state index is 6.14. The van der Waals surface area contributed by atoms with E-state index in [4.69, 9.17) is 4.74 Å². The van der Waals surface area contributed by atoms with Gasteiger partial charge in [-0.25, -0.2) is 0 Å². The summed E-state index contributed by atoms with van der Waals surface area (Å²) in [5.41, 5.74) is 3.21. The van der Waals surface area contributed by atoms with Gasteiger partial charge in [0.1, 0.15) is 6.10 Å². The molecule has 1 heterocycles. The van der Waals surface area contributed by atoms with Gasteiger partial charge in [0.25, 0.3) is 0 Å². The molecule has 0 bridgehead atoms. The summed E-state index contributed by atoms with van der Waals surface area (Å²) in [7, 11) is 0. The van der Waals surface area contributed by atoms with Gasteiger partial charge in [-0.2, -0.15) is 0 Å². The Kier molecular flexibility index (Phi) is 4.39. The van der Waals surface area contributed by atoms with E-state index in [1.807, 2.05) is 54.6 Å².